The van der Waals surface area contributed by atoms with E-state index in [1.807, 2.05) is 0 Å². The molecule has 0 heterocycles. The van der Waals surface area contributed by atoms with Crippen LogP contribution in [0.2, 0.25) is 0 Å². The molecular weight excluding hydrogens is 460 g/mol. The first-order chi connectivity index (χ1) is 18.1. The van der Waals surface area contributed by atoms with Crippen LogP contribution in [-0.2, 0) is 10.8 Å². The average Bonchev–Trinajstić information content (AvgIpc) is 2.90. The fraction of sp³-hybridized carbons (Fsp3) is 0.222. The molecule has 0 radical (unpaired) electrons. The molecule has 0 aromatic heterocycles. The van der Waals surface area contributed by atoms with Crippen LogP contribution in [0.3, 0.4) is 0 Å². The minimum atomic E-state index is 0.0898. The smallest absolute Gasteiger partial charge is 0.0649 e. The van der Waals surface area contributed by atoms with E-state index in [2.05, 4.69) is 138 Å². The number of hydrazine groups is 1. The number of rotatable bonds is 3. The van der Waals surface area contributed by atoms with E-state index in [4.69, 9.17) is 5.84 Å². The molecule has 0 spiro atoms. The molecule has 0 atom stereocenters. The van der Waals surface area contributed by atoms with Crippen molar-refractivity contribution in [3.8, 4) is 22.3 Å². The number of hydrogen-bond donors (Lipinski definition) is 2. The highest BCUT2D eigenvalue weighted by Crippen LogP contribution is 2.49. The number of anilines is 1. The van der Waals surface area contributed by atoms with Crippen molar-refractivity contribution in [2.45, 2.75) is 52.4 Å². The van der Waals surface area contributed by atoms with Crippen molar-refractivity contribution in [2.75, 3.05) is 5.43 Å². The molecule has 6 aromatic rings. The zero-order valence-corrected chi connectivity index (χ0v) is 23.2. The Labute approximate surface area is 225 Å². The van der Waals surface area contributed by atoms with Crippen LogP contribution in [0.4, 0.5) is 5.69 Å². The molecule has 0 aliphatic heterocycles. The molecule has 3 N–H and O–H groups in total. The van der Waals surface area contributed by atoms with E-state index < -0.39 is 0 Å². The van der Waals surface area contributed by atoms with E-state index in [0.29, 0.717) is 0 Å². The first-order valence-corrected chi connectivity index (χ1v) is 13.5. The largest absolute Gasteiger partial charge is 0.323 e. The summed E-state index contributed by atoms with van der Waals surface area (Å²) in [7, 11) is 0. The average molecular weight is 497 g/mol. The van der Waals surface area contributed by atoms with Crippen LogP contribution in [0.15, 0.2) is 91.0 Å². The maximum Gasteiger partial charge on any atom is 0.0649 e. The van der Waals surface area contributed by atoms with E-state index >= 15 is 0 Å². The maximum atomic E-state index is 6.36. The van der Waals surface area contributed by atoms with E-state index in [-0.39, 0.29) is 10.8 Å². The maximum absolute atomic E-state index is 6.36. The van der Waals surface area contributed by atoms with Crippen LogP contribution in [0.5, 0.6) is 0 Å². The summed E-state index contributed by atoms with van der Waals surface area (Å²) in [5.41, 5.74) is 11.6. The van der Waals surface area contributed by atoms with Gasteiger partial charge in [0.2, 0.25) is 0 Å². The van der Waals surface area contributed by atoms with Crippen LogP contribution in [0.1, 0.15) is 52.7 Å². The van der Waals surface area contributed by atoms with Gasteiger partial charge in [0.15, 0.2) is 0 Å². The summed E-state index contributed by atoms with van der Waals surface area (Å²) in [4.78, 5) is 0. The Morgan fingerprint density at radius 3 is 1.45 bits per heavy atom. The number of nitrogen functional groups attached to an aromatic ring is 1. The number of nitrogens with one attached hydrogen (secondary N) is 1. The monoisotopic (exact) mass is 496 g/mol. The van der Waals surface area contributed by atoms with Gasteiger partial charge in [0.1, 0.15) is 0 Å². The van der Waals surface area contributed by atoms with E-state index in [1.54, 1.807) is 0 Å². The normalized spacial score (nSPS) is 12.6. The number of hydrogen-bond acceptors (Lipinski definition) is 2. The van der Waals surface area contributed by atoms with Crippen LogP contribution in [0.25, 0.3) is 54.6 Å². The lowest BCUT2D eigenvalue weighted by Crippen LogP contribution is -2.12. The van der Waals surface area contributed by atoms with Gasteiger partial charge < -0.3 is 5.43 Å². The van der Waals surface area contributed by atoms with E-state index in [0.717, 1.165) is 22.2 Å². The van der Waals surface area contributed by atoms with Crippen molar-refractivity contribution in [1.29, 1.82) is 0 Å². The molecule has 0 aliphatic rings. The summed E-state index contributed by atoms with van der Waals surface area (Å²) in [6.07, 6.45) is 0. The molecule has 0 aliphatic carbocycles. The fourth-order valence-electron chi connectivity index (χ4n) is 5.91. The highest BCUT2D eigenvalue weighted by molar-refractivity contribution is 6.30. The second-order valence-corrected chi connectivity index (χ2v) is 12.6. The first-order valence-electron chi connectivity index (χ1n) is 13.5. The Morgan fingerprint density at radius 2 is 0.974 bits per heavy atom. The quantitative estimate of drug-likeness (QED) is 0.145. The third-order valence-corrected chi connectivity index (χ3v) is 8.04. The predicted molar refractivity (Wildman–Crippen MR) is 166 cm³/mol. The first kappa shape index (κ1) is 24.5. The van der Waals surface area contributed by atoms with Crippen molar-refractivity contribution in [2.24, 2.45) is 5.84 Å². The third-order valence-electron chi connectivity index (χ3n) is 8.04. The van der Waals surface area contributed by atoms with Crippen molar-refractivity contribution < 1.29 is 0 Å². The van der Waals surface area contributed by atoms with Crippen LogP contribution in [-0.4, -0.2) is 0 Å². The molecule has 0 saturated heterocycles. The molecule has 6 aromatic carbocycles. The van der Waals surface area contributed by atoms with E-state index in [9.17, 15) is 0 Å². The molecule has 190 valence electrons. The number of nitrogens with two attached hydrogens (primary N) is 1. The van der Waals surface area contributed by atoms with Gasteiger partial charge in [-0.1, -0.05) is 133 Å². The fourth-order valence-corrected chi connectivity index (χ4v) is 5.91. The Morgan fingerprint density at radius 1 is 0.500 bits per heavy atom. The molecule has 0 saturated carbocycles. The molecule has 6 rings (SSSR count). The van der Waals surface area contributed by atoms with Crippen LogP contribution < -0.4 is 11.3 Å². The number of benzene rings is 6. The molecule has 2 heteroatoms. The molecule has 0 fully saturated rings. The minimum absolute atomic E-state index is 0.0898. The summed E-state index contributed by atoms with van der Waals surface area (Å²) in [6.45, 7) is 13.5. The minimum Gasteiger partial charge on any atom is -0.323 e. The summed E-state index contributed by atoms with van der Waals surface area (Å²) in [5.74, 6) is 6.36. The van der Waals surface area contributed by atoms with Gasteiger partial charge in [0.05, 0.1) is 5.69 Å². The highest BCUT2D eigenvalue weighted by Gasteiger charge is 2.23. The summed E-state index contributed by atoms with van der Waals surface area (Å²) < 4.78 is 0. The van der Waals surface area contributed by atoms with Gasteiger partial charge in [-0.25, -0.2) is 0 Å². The summed E-state index contributed by atoms with van der Waals surface area (Å²) in [5, 5.41) is 7.46. The van der Waals surface area contributed by atoms with Gasteiger partial charge in [-0.2, -0.15) is 0 Å². The SMILES string of the molecule is CC(C)(C)c1ccc(-c2c(NN)c3ccc4cccc5ccc(c2-c2ccc(C(C)(C)C)cc2)c3c45)cc1. The highest BCUT2D eigenvalue weighted by atomic mass is 15.2. The lowest BCUT2D eigenvalue weighted by molar-refractivity contribution is 0.590. The molecule has 2 nitrogen and oxygen atoms in total. The van der Waals surface area contributed by atoms with Gasteiger partial charge in [-0.05, 0) is 60.2 Å². The molecule has 0 amide bonds. The Kier molecular flexibility index (Phi) is 5.52. The Hall–Kier alpha value is -3.88. The van der Waals surface area contributed by atoms with E-state index in [1.165, 1.54) is 49.2 Å². The third kappa shape index (κ3) is 3.83. The van der Waals surface area contributed by atoms with Gasteiger partial charge in [0, 0.05) is 16.3 Å². The van der Waals surface area contributed by atoms with Gasteiger partial charge >= 0.3 is 0 Å². The molecular formula is C36H36N2. The predicted octanol–water partition coefficient (Wildman–Crippen LogP) is 9.80. The molecule has 38 heavy (non-hydrogen) atoms. The van der Waals surface area contributed by atoms with Crippen molar-refractivity contribution in [3.05, 3.63) is 102 Å². The van der Waals surface area contributed by atoms with Crippen molar-refractivity contribution >= 4 is 38.0 Å². The summed E-state index contributed by atoms with van der Waals surface area (Å²) in [6, 6.07) is 33.7. The Bertz CT molecular complexity index is 1760. The zero-order valence-electron chi connectivity index (χ0n) is 23.2. The lowest BCUT2D eigenvalue weighted by atomic mass is 9.81. The van der Waals surface area contributed by atoms with Gasteiger partial charge in [-0.3, -0.25) is 5.84 Å². The van der Waals surface area contributed by atoms with Gasteiger partial charge in [0.25, 0.3) is 0 Å². The second kappa shape index (κ2) is 8.58. The van der Waals surface area contributed by atoms with Crippen molar-refractivity contribution in [3.63, 3.8) is 0 Å². The van der Waals surface area contributed by atoms with Crippen LogP contribution >= 0.6 is 0 Å². The zero-order chi connectivity index (χ0) is 26.8. The molecule has 0 bridgehead atoms. The lowest BCUT2D eigenvalue weighted by Gasteiger charge is -2.24. The topological polar surface area (TPSA) is 38.0 Å². The standard InChI is InChI=1S/C36H36N2/c1-35(2,3)26-16-10-24(11-17-26)31-28-20-14-22-8-7-9-23-15-21-29(33(28)30(22)23)34(38-37)32(31)25-12-18-27(19-13-25)36(4,5)6/h7-21,38H,37H2,1-6H3. The molecule has 0 unspecified atom stereocenters. The Balaban J connectivity index is 1.75. The van der Waals surface area contributed by atoms with Crippen molar-refractivity contribution in [1.82, 2.24) is 0 Å². The summed E-state index contributed by atoms with van der Waals surface area (Å²) >= 11 is 0. The van der Waals surface area contributed by atoms with Gasteiger partial charge in [-0.15, -0.1) is 0 Å². The second-order valence-electron chi connectivity index (χ2n) is 12.6. The van der Waals surface area contributed by atoms with Crippen LogP contribution in [0, 0.1) is 0 Å².